The van der Waals surface area contributed by atoms with Crippen LogP contribution in [-0.2, 0) is 0 Å². The summed E-state index contributed by atoms with van der Waals surface area (Å²) in [6.07, 6.45) is 5.62. The Hall–Kier alpha value is -3.58. The molecule has 0 radical (unpaired) electrons. The zero-order valence-electron chi connectivity index (χ0n) is 20.8. The first kappa shape index (κ1) is 23.6. The van der Waals surface area contributed by atoms with Crippen LogP contribution in [0.15, 0.2) is 103 Å². The quantitative estimate of drug-likeness (QED) is 0.292. The number of rotatable bonds is 3. The monoisotopic (exact) mass is 440 g/mol. The summed E-state index contributed by atoms with van der Waals surface area (Å²) < 4.78 is 0. The Morgan fingerprint density at radius 1 is 0.647 bits per heavy atom. The van der Waals surface area contributed by atoms with E-state index in [2.05, 4.69) is 143 Å². The first-order chi connectivity index (χ1) is 16.6. The summed E-state index contributed by atoms with van der Waals surface area (Å²) in [6, 6.07) is 36.8. The number of fused-ring (bicyclic) bond motifs is 2. The molecule has 0 aliphatic heterocycles. The van der Waals surface area contributed by atoms with Crippen molar-refractivity contribution < 1.29 is 0 Å². The van der Waals surface area contributed by atoms with Gasteiger partial charge in [-0.15, -0.1) is 0 Å². The summed E-state index contributed by atoms with van der Waals surface area (Å²) in [5, 5.41) is 8.07. The van der Waals surface area contributed by atoms with Crippen molar-refractivity contribution >= 4 is 51.3 Å². The van der Waals surface area contributed by atoms with Crippen molar-refractivity contribution in [3.05, 3.63) is 119 Å². The van der Waals surface area contributed by atoms with Gasteiger partial charge in [0.1, 0.15) is 0 Å². The van der Waals surface area contributed by atoms with Crippen molar-refractivity contribution in [2.24, 2.45) is 0 Å². The fraction of sp³-hybridized carbons (Fsp3) is 0.152. The first-order valence-corrected chi connectivity index (χ1v) is 12.3. The molecule has 0 nitrogen and oxygen atoms in total. The van der Waals surface area contributed by atoms with Gasteiger partial charge in [0.2, 0.25) is 6.71 Å². The second-order valence-electron chi connectivity index (χ2n) is 8.84. The number of hydrogen-bond donors (Lipinski definition) is 0. The van der Waals surface area contributed by atoms with Gasteiger partial charge in [-0.1, -0.05) is 140 Å². The normalized spacial score (nSPS) is 12.0. The maximum atomic E-state index is 2.35. The second-order valence-corrected chi connectivity index (χ2v) is 8.84. The molecule has 0 N–H and O–H groups in total. The Kier molecular flexibility index (Phi) is 7.65. The van der Waals surface area contributed by atoms with Crippen molar-refractivity contribution in [3.63, 3.8) is 0 Å². The van der Waals surface area contributed by atoms with Gasteiger partial charge < -0.3 is 0 Å². The van der Waals surface area contributed by atoms with Crippen LogP contribution < -0.4 is 21.4 Å². The van der Waals surface area contributed by atoms with Crippen LogP contribution in [0.4, 0.5) is 0 Å². The van der Waals surface area contributed by atoms with Gasteiger partial charge in [-0.25, -0.2) is 0 Å². The topological polar surface area (TPSA) is 0 Å². The van der Waals surface area contributed by atoms with Crippen LogP contribution in [0.25, 0.3) is 33.7 Å². The van der Waals surface area contributed by atoms with Crippen LogP contribution in [0, 0.1) is 6.92 Å². The molecular formula is C33H33B. The highest BCUT2D eigenvalue weighted by molar-refractivity contribution is 6.85. The summed E-state index contributed by atoms with van der Waals surface area (Å²) in [4.78, 5) is 0. The van der Waals surface area contributed by atoms with Crippen molar-refractivity contribution in [1.29, 1.82) is 0 Å². The molecule has 0 aliphatic carbocycles. The molecule has 0 fully saturated rings. The maximum Gasteiger partial charge on any atom is 0.207 e. The van der Waals surface area contributed by atoms with Gasteiger partial charge in [-0.3, -0.25) is 0 Å². The van der Waals surface area contributed by atoms with Crippen molar-refractivity contribution in [2.75, 3.05) is 0 Å². The van der Waals surface area contributed by atoms with Crippen molar-refractivity contribution in [1.82, 2.24) is 0 Å². The molecule has 0 aliphatic rings. The van der Waals surface area contributed by atoms with Gasteiger partial charge >= 0.3 is 0 Å². The molecule has 5 aromatic rings. The van der Waals surface area contributed by atoms with E-state index in [4.69, 9.17) is 0 Å². The average molecular weight is 440 g/mol. The molecule has 1 heteroatoms. The zero-order valence-corrected chi connectivity index (χ0v) is 20.8. The van der Waals surface area contributed by atoms with Gasteiger partial charge in [0, 0.05) is 0 Å². The molecule has 5 rings (SSSR count). The highest BCUT2D eigenvalue weighted by Crippen LogP contribution is 2.16. The lowest BCUT2D eigenvalue weighted by atomic mass is 9.41. The Morgan fingerprint density at radius 3 is 1.88 bits per heavy atom. The van der Waals surface area contributed by atoms with E-state index in [9.17, 15) is 0 Å². The number of hydrogen-bond acceptors (Lipinski definition) is 0. The predicted octanol–water partition coefficient (Wildman–Crippen LogP) is 6.22. The Bertz CT molecular complexity index is 1520. The third kappa shape index (κ3) is 4.99. The highest BCUT2D eigenvalue weighted by atomic mass is 14.0. The van der Waals surface area contributed by atoms with E-state index in [-0.39, 0.29) is 0 Å². The minimum absolute atomic E-state index is 0.374. The lowest BCUT2D eigenvalue weighted by Gasteiger charge is -2.14. The average Bonchev–Trinajstić information content (AvgIpc) is 2.89. The number of aryl methyl sites for hydroxylation is 1. The van der Waals surface area contributed by atoms with Crippen molar-refractivity contribution in [3.8, 4) is 0 Å². The Labute approximate surface area is 204 Å². The van der Waals surface area contributed by atoms with Gasteiger partial charge in [0.05, 0.1) is 0 Å². The van der Waals surface area contributed by atoms with E-state index in [0.29, 0.717) is 6.71 Å². The first-order valence-electron chi connectivity index (χ1n) is 12.3. The molecule has 5 aromatic carbocycles. The van der Waals surface area contributed by atoms with Gasteiger partial charge in [0.15, 0.2) is 0 Å². The van der Waals surface area contributed by atoms with Crippen LogP contribution in [0.3, 0.4) is 0 Å². The van der Waals surface area contributed by atoms with Crippen LogP contribution in [0.1, 0.15) is 25.8 Å². The maximum absolute atomic E-state index is 2.35. The summed E-state index contributed by atoms with van der Waals surface area (Å²) >= 11 is 0. The molecule has 0 atom stereocenters. The summed E-state index contributed by atoms with van der Waals surface area (Å²) in [6.45, 7) is 9.16. The molecule has 0 saturated carbocycles. The standard InChI is InChI=1S/C22H23B.C11H10/c1-4-10-19-17(5-2)12-8-15-21(19)23(3)22-16-9-13-18-11-6-7-14-20(18)22;1-9-5-4-7-10-6-2-3-8-11(9)10/h5-16H,4H2,1-3H3;2-8H,1H3/b17-5-,19-10+;. The largest absolute Gasteiger partial charge is 0.207 e. The fourth-order valence-corrected chi connectivity index (χ4v) is 4.85. The van der Waals surface area contributed by atoms with E-state index in [1.54, 1.807) is 0 Å². The van der Waals surface area contributed by atoms with Gasteiger partial charge in [0.25, 0.3) is 0 Å². The molecule has 0 heterocycles. The molecule has 168 valence electrons. The third-order valence-electron chi connectivity index (χ3n) is 6.66. The van der Waals surface area contributed by atoms with Crippen LogP contribution in [0.2, 0.25) is 6.82 Å². The van der Waals surface area contributed by atoms with E-state index in [1.807, 2.05) is 0 Å². The molecule has 0 aromatic heterocycles. The van der Waals surface area contributed by atoms with Gasteiger partial charge in [-0.05, 0) is 57.8 Å². The Morgan fingerprint density at radius 2 is 1.21 bits per heavy atom. The molecule has 0 bridgehead atoms. The van der Waals surface area contributed by atoms with Crippen LogP contribution in [0.5, 0.6) is 0 Å². The van der Waals surface area contributed by atoms with Crippen LogP contribution in [-0.4, -0.2) is 6.71 Å². The molecule has 0 spiro atoms. The molecular weight excluding hydrogens is 407 g/mol. The number of benzene rings is 5. The zero-order chi connectivity index (χ0) is 23.9. The summed E-state index contributed by atoms with van der Waals surface area (Å²) in [5.74, 6) is 0. The third-order valence-corrected chi connectivity index (χ3v) is 6.66. The van der Waals surface area contributed by atoms with E-state index >= 15 is 0 Å². The molecule has 0 unspecified atom stereocenters. The van der Waals surface area contributed by atoms with Gasteiger partial charge in [-0.2, -0.15) is 0 Å². The smallest absolute Gasteiger partial charge is 0.0798 e. The lowest BCUT2D eigenvalue weighted by molar-refractivity contribution is 1.28. The highest BCUT2D eigenvalue weighted by Gasteiger charge is 2.16. The van der Waals surface area contributed by atoms with E-state index < -0.39 is 0 Å². The van der Waals surface area contributed by atoms with Crippen molar-refractivity contribution in [2.45, 2.75) is 34.0 Å². The van der Waals surface area contributed by atoms with E-state index in [0.717, 1.165) is 6.42 Å². The molecule has 0 amide bonds. The minimum atomic E-state index is 0.374. The Balaban J connectivity index is 0.000000207. The second kappa shape index (κ2) is 11.0. The summed E-state index contributed by atoms with van der Waals surface area (Å²) in [5.41, 5.74) is 4.17. The fourth-order valence-electron chi connectivity index (χ4n) is 4.85. The molecule has 0 saturated heterocycles. The predicted molar refractivity (Wildman–Crippen MR) is 154 cm³/mol. The van der Waals surface area contributed by atoms with E-state index in [1.165, 1.54) is 48.5 Å². The molecule has 34 heavy (non-hydrogen) atoms. The van der Waals surface area contributed by atoms with Crippen LogP contribution >= 0.6 is 0 Å². The summed E-state index contributed by atoms with van der Waals surface area (Å²) in [7, 11) is 0. The lowest BCUT2D eigenvalue weighted by Crippen LogP contribution is -2.52. The SMILES string of the molecule is C/C=c1/cccc(B(C)c2cccc3ccccc23)/c1=C/CC.Cc1cccc2ccccc12. The minimum Gasteiger partial charge on any atom is -0.0798 e.